The normalized spacial score (nSPS) is 13.8. The van der Waals surface area contributed by atoms with Gasteiger partial charge in [0.15, 0.2) is 0 Å². The molecule has 0 saturated carbocycles. The van der Waals surface area contributed by atoms with E-state index in [0.29, 0.717) is 18.4 Å². The molecule has 1 amide bonds. The molecule has 0 saturated heterocycles. The van der Waals surface area contributed by atoms with Crippen LogP contribution in [0.2, 0.25) is 0 Å². The van der Waals surface area contributed by atoms with Crippen LogP contribution < -0.4 is 5.32 Å². The number of unbranched alkanes of at least 4 members (excludes halogenated alkanes) is 6. The molecule has 1 aromatic rings. The van der Waals surface area contributed by atoms with Gasteiger partial charge in [-0.2, -0.15) is 13.2 Å². The molecule has 36 heavy (non-hydrogen) atoms. The van der Waals surface area contributed by atoms with Crippen molar-refractivity contribution in [3.63, 3.8) is 0 Å². The van der Waals surface area contributed by atoms with Crippen LogP contribution in [0.1, 0.15) is 115 Å². The third-order valence-corrected chi connectivity index (χ3v) is 6.35. The number of carbonyl (C=O) groups is 3. The number of alkyl halides is 3. The van der Waals surface area contributed by atoms with Gasteiger partial charge in [-0.15, -0.1) is 0 Å². The van der Waals surface area contributed by atoms with Crippen molar-refractivity contribution in [2.24, 2.45) is 5.41 Å². The van der Waals surface area contributed by atoms with Crippen LogP contribution in [0.15, 0.2) is 18.2 Å². The average Bonchev–Trinajstić information content (AvgIpc) is 2.76. The minimum Gasteiger partial charge on any atom is -0.480 e. The number of carboxylic acids is 1. The fourth-order valence-electron chi connectivity index (χ4n) is 4.11. The number of hydrogen-bond acceptors (Lipinski definition) is 3. The largest absolute Gasteiger partial charge is 0.480 e. The lowest BCUT2D eigenvalue weighted by Crippen LogP contribution is -2.43. The molecule has 1 unspecified atom stereocenters. The maximum absolute atomic E-state index is 13.4. The number of halogens is 3. The van der Waals surface area contributed by atoms with Crippen molar-refractivity contribution < 1.29 is 32.7 Å². The van der Waals surface area contributed by atoms with Crippen LogP contribution in [-0.4, -0.2) is 28.8 Å². The molecular formula is C28H42F3NO4. The summed E-state index contributed by atoms with van der Waals surface area (Å²) in [5.41, 5.74) is -0.869. The second-order valence-electron chi connectivity index (χ2n) is 10.7. The Labute approximate surface area is 213 Å². The first-order chi connectivity index (χ1) is 16.7. The molecule has 0 aliphatic carbocycles. The summed E-state index contributed by atoms with van der Waals surface area (Å²) in [6.45, 7) is 8.87. The monoisotopic (exact) mass is 513 g/mol. The molecule has 2 atom stereocenters. The molecule has 5 nitrogen and oxygen atoms in total. The smallest absolute Gasteiger partial charge is 0.416 e. The minimum absolute atomic E-state index is 0.0220. The molecule has 2 N–H and O–H groups in total. The lowest BCUT2D eigenvalue weighted by atomic mass is 9.87. The Morgan fingerprint density at radius 1 is 0.917 bits per heavy atom. The molecule has 0 bridgehead atoms. The third kappa shape index (κ3) is 11.1. The first kappa shape index (κ1) is 31.6. The van der Waals surface area contributed by atoms with Gasteiger partial charge >= 0.3 is 12.1 Å². The van der Waals surface area contributed by atoms with Crippen molar-refractivity contribution in [1.82, 2.24) is 5.32 Å². The minimum atomic E-state index is -4.56. The SMILES string of the molecule is CCCCCCCCCC(C(=O)N[C@@H](CCC(=O)C(C)(C)C)C(=O)O)c1cc(C)cc(C(F)(F)F)c1. The van der Waals surface area contributed by atoms with Gasteiger partial charge in [-0.1, -0.05) is 84.3 Å². The highest BCUT2D eigenvalue weighted by Gasteiger charge is 2.33. The topological polar surface area (TPSA) is 83.5 Å². The van der Waals surface area contributed by atoms with Gasteiger partial charge < -0.3 is 10.4 Å². The standard InChI is InChI=1S/C28H42F3NO4/c1-6-7-8-9-10-11-12-13-22(20-16-19(2)17-21(18-20)28(29,30)31)25(34)32-23(26(35)36)14-15-24(33)27(3,4)5/h16-18,22-23H,6-15H2,1-5H3,(H,32,34)(H,35,36)/t22?,23-/m0/s1. The van der Waals surface area contributed by atoms with Crippen molar-refractivity contribution in [1.29, 1.82) is 0 Å². The first-order valence-corrected chi connectivity index (χ1v) is 12.9. The van der Waals surface area contributed by atoms with Crippen molar-refractivity contribution in [2.75, 3.05) is 0 Å². The van der Waals surface area contributed by atoms with Gasteiger partial charge in [0, 0.05) is 11.8 Å². The fourth-order valence-corrected chi connectivity index (χ4v) is 4.11. The van der Waals surface area contributed by atoms with Crippen LogP contribution in [0.5, 0.6) is 0 Å². The number of Topliss-reactive ketones (excluding diaryl/α,β-unsaturated/α-hetero) is 1. The Bertz CT molecular complexity index is 875. The predicted molar refractivity (Wildman–Crippen MR) is 135 cm³/mol. The average molecular weight is 514 g/mol. The summed E-state index contributed by atoms with van der Waals surface area (Å²) < 4.78 is 40.3. The zero-order chi connectivity index (χ0) is 27.5. The van der Waals surface area contributed by atoms with Crippen LogP contribution in [0.4, 0.5) is 13.2 Å². The molecule has 0 aromatic heterocycles. The van der Waals surface area contributed by atoms with Crippen molar-refractivity contribution in [3.8, 4) is 0 Å². The summed E-state index contributed by atoms with van der Waals surface area (Å²) in [6, 6.07) is 2.27. The van der Waals surface area contributed by atoms with E-state index in [0.717, 1.165) is 50.7 Å². The molecule has 204 valence electrons. The summed E-state index contributed by atoms with van der Waals surface area (Å²) in [5, 5.41) is 12.1. The van der Waals surface area contributed by atoms with Gasteiger partial charge in [-0.25, -0.2) is 4.79 Å². The zero-order valence-electron chi connectivity index (χ0n) is 22.3. The van der Waals surface area contributed by atoms with E-state index in [-0.39, 0.29) is 24.2 Å². The van der Waals surface area contributed by atoms with E-state index in [4.69, 9.17) is 0 Å². The van der Waals surface area contributed by atoms with Crippen molar-refractivity contribution in [2.45, 2.75) is 117 Å². The number of carboxylic acid groups (broad SMARTS) is 1. The van der Waals surface area contributed by atoms with E-state index < -0.39 is 41.0 Å². The molecule has 8 heteroatoms. The van der Waals surface area contributed by atoms with Crippen LogP contribution in [-0.2, 0) is 20.6 Å². The fraction of sp³-hybridized carbons (Fsp3) is 0.679. The molecule has 0 radical (unpaired) electrons. The Morgan fingerprint density at radius 2 is 1.50 bits per heavy atom. The molecule has 0 fully saturated rings. The molecule has 1 aromatic carbocycles. The maximum atomic E-state index is 13.4. The van der Waals surface area contributed by atoms with Gasteiger partial charge in [-0.05, 0) is 37.5 Å². The summed E-state index contributed by atoms with van der Waals surface area (Å²) in [5.74, 6) is -2.95. The molecule has 0 aliphatic rings. The van der Waals surface area contributed by atoms with E-state index in [9.17, 15) is 32.7 Å². The van der Waals surface area contributed by atoms with Gasteiger partial charge in [0.1, 0.15) is 11.8 Å². The molecule has 0 aliphatic heterocycles. The highest BCUT2D eigenvalue weighted by Crippen LogP contribution is 2.34. The van der Waals surface area contributed by atoms with Crippen LogP contribution >= 0.6 is 0 Å². The Morgan fingerprint density at radius 3 is 2.03 bits per heavy atom. The van der Waals surface area contributed by atoms with Gasteiger partial charge in [0.05, 0.1) is 11.5 Å². The Kier molecular flexibility index (Phi) is 12.6. The predicted octanol–water partition coefficient (Wildman–Crippen LogP) is 7.20. The lowest BCUT2D eigenvalue weighted by molar-refractivity contribution is -0.142. The number of nitrogens with one attached hydrogen (secondary N) is 1. The molecular weight excluding hydrogens is 471 g/mol. The Balaban J connectivity index is 3.07. The molecule has 1 rings (SSSR count). The highest BCUT2D eigenvalue weighted by molar-refractivity contribution is 5.89. The Hall–Kier alpha value is -2.38. The van der Waals surface area contributed by atoms with Crippen LogP contribution in [0.3, 0.4) is 0 Å². The van der Waals surface area contributed by atoms with Crippen molar-refractivity contribution in [3.05, 3.63) is 34.9 Å². The third-order valence-electron chi connectivity index (χ3n) is 6.35. The van der Waals surface area contributed by atoms with E-state index in [2.05, 4.69) is 12.2 Å². The van der Waals surface area contributed by atoms with Gasteiger partial charge in [0.25, 0.3) is 0 Å². The summed E-state index contributed by atoms with van der Waals surface area (Å²) in [6.07, 6.45) is 2.58. The maximum Gasteiger partial charge on any atom is 0.416 e. The van der Waals surface area contributed by atoms with Crippen LogP contribution in [0, 0.1) is 12.3 Å². The zero-order valence-corrected chi connectivity index (χ0v) is 22.3. The number of carbonyl (C=O) groups excluding carboxylic acids is 2. The number of rotatable bonds is 15. The summed E-state index contributed by atoms with van der Waals surface area (Å²) >= 11 is 0. The number of ketones is 1. The van der Waals surface area contributed by atoms with Gasteiger partial charge in [-0.3, -0.25) is 9.59 Å². The number of hydrogen-bond donors (Lipinski definition) is 2. The van der Waals surface area contributed by atoms with E-state index >= 15 is 0 Å². The highest BCUT2D eigenvalue weighted by atomic mass is 19.4. The molecule has 0 spiro atoms. The van der Waals surface area contributed by atoms with Crippen LogP contribution in [0.25, 0.3) is 0 Å². The number of aryl methyl sites for hydroxylation is 1. The second kappa shape index (κ2) is 14.4. The first-order valence-electron chi connectivity index (χ1n) is 12.9. The molecule has 0 heterocycles. The van der Waals surface area contributed by atoms with Gasteiger partial charge in [0.2, 0.25) is 5.91 Å². The van der Waals surface area contributed by atoms with Crippen molar-refractivity contribution >= 4 is 17.7 Å². The van der Waals surface area contributed by atoms with E-state index in [1.807, 2.05) is 0 Å². The summed E-state index contributed by atoms with van der Waals surface area (Å²) in [4.78, 5) is 37.3. The van der Waals surface area contributed by atoms with E-state index in [1.165, 1.54) is 0 Å². The summed E-state index contributed by atoms with van der Waals surface area (Å²) in [7, 11) is 0. The van der Waals surface area contributed by atoms with E-state index in [1.54, 1.807) is 33.8 Å². The second-order valence-corrected chi connectivity index (χ2v) is 10.7. The number of benzene rings is 1. The number of amides is 1. The number of aliphatic carboxylic acids is 1. The lowest BCUT2D eigenvalue weighted by Gasteiger charge is -2.23. The quantitative estimate of drug-likeness (QED) is 0.243.